The van der Waals surface area contributed by atoms with E-state index in [1.165, 1.54) is 6.92 Å². The quantitative estimate of drug-likeness (QED) is 0.597. The van der Waals surface area contributed by atoms with Crippen LogP contribution < -0.4 is 5.48 Å². The summed E-state index contributed by atoms with van der Waals surface area (Å²) in [7, 11) is 0. The van der Waals surface area contributed by atoms with Crippen molar-refractivity contribution in [1.82, 2.24) is 5.48 Å². The van der Waals surface area contributed by atoms with E-state index >= 15 is 0 Å². The molecule has 0 atom stereocenters. The number of ketones is 1. The van der Waals surface area contributed by atoms with E-state index in [1.807, 2.05) is 6.92 Å². The Bertz CT molecular complexity index is 121. The molecule has 0 aromatic carbocycles. The third-order valence-electron chi connectivity index (χ3n) is 1.32. The second-order valence-corrected chi connectivity index (χ2v) is 2.67. The zero-order chi connectivity index (χ0) is 8.20. The molecule has 60 valence electrons. The van der Waals surface area contributed by atoms with Crippen LogP contribution in [0.5, 0.6) is 0 Å². The van der Waals surface area contributed by atoms with Crippen LogP contribution >= 0.6 is 0 Å². The molecule has 0 aliphatic rings. The lowest BCUT2D eigenvalue weighted by atomic mass is 10.1. The van der Waals surface area contributed by atoms with Crippen molar-refractivity contribution in [3.63, 3.8) is 0 Å². The van der Waals surface area contributed by atoms with Crippen LogP contribution in [0.4, 0.5) is 0 Å². The molecule has 0 saturated carbocycles. The van der Waals surface area contributed by atoms with Gasteiger partial charge in [-0.25, -0.2) is 5.48 Å². The Hall–Kier alpha value is -0.410. The highest BCUT2D eigenvalue weighted by atomic mass is 16.7. The first-order chi connectivity index (χ1) is 4.50. The van der Waals surface area contributed by atoms with Crippen molar-refractivity contribution >= 4 is 5.78 Å². The van der Waals surface area contributed by atoms with Crippen molar-refractivity contribution in [2.45, 2.75) is 33.3 Å². The Morgan fingerprint density at radius 3 is 2.40 bits per heavy atom. The predicted molar refractivity (Wildman–Crippen MR) is 39.5 cm³/mol. The number of hydrogen-bond donors (Lipinski definition) is 1. The Kier molecular flexibility index (Phi) is 3.53. The van der Waals surface area contributed by atoms with Crippen LogP contribution in [0.25, 0.3) is 0 Å². The van der Waals surface area contributed by atoms with E-state index in [1.54, 1.807) is 13.8 Å². The molecule has 0 fully saturated rings. The molecule has 0 saturated heterocycles. The van der Waals surface area contributed by atoms with E-state index in [0.29, 0.717) is 6.54 Å². The van der Waals surface area contributed by atoms with Gasteiger partial charge in [0.05, 0.1) is 0 Å². The molecule has 0 aliphatic heterocycles. The fraction of sp³-hybridized carbons (Fsp3) is 0.857. The maximum Gasteiger partial charge on any atom is 0.163 e. The van der Waals surface area contributed by atoms with E-state index in [4.69, 9.17) is 4.84 Å². The Morgan fingerprint density at radius 1 is 1.60 bits per heavy atom. The first-order valence-corrected chi connectivity index (χ1v) is 3.42. The normalized spacial score (nSPS) is 11.6. The average molecular weight is 145 g/mol. The van der Waals surface area contributed by atoms with E-state index in [2.05, 4.69) is 5.48 Å². The van der Waals surface area contributed by atoms with Crippen LogP contribution in [0.15, 0.2) is 0 Å². The number of carbonyl (C=O) groups is 1. The molecule has 1 N–H and O–H groups in total. The third kappa shape index (κ3) is 2.94. The highest BCUT2D eigenvalue weighted by Gasteiger charge is 2.24. The topological polar surface area (TPSA) is 38.3 Å². The summed E-state index contributed by atoms with van der Waals surface area (Å²) in [5.41, 5.74) is 1.95. The Morgan fingerprint density at radius 2 is 2.10 bits per heavy atom. The molecule has 0 spiro atoms. The van der Waals surface area contributed by atoms with E-state index in [9.17, 15) is 4.79 Å². The minimum Gasteiger partial charge on any atom is -0.297 e. The van der Waals surface area contributed by atoms with Crippen molar-refractivity contribution in [2.24, 2.45) is 0 Å². The molecular weight excluding hydrogens is 130 g/mol. The lowest BCUT2D eigenvalue weighted by molar-refractivity contribution is -0.147. The summed E-state index contributed by atoms with van der Waals surface area (Å²) in [5, 5.41) is 0. The molecule has 3 heteroatoms. The van der Waals surface area contributed by atoms with Gasteiger partial charge < -0.3 is 0 Å². The molecule has 0 amide bonds. The second-order valence-electron chi connectivity index (χ2n) is 2.67. The van der Waals surface area contributed by atoms with Crippen LogP contribution in [-0.2, 0) is 9.63 Å². The SMILES string of the molecule is CCNOC(C)(C)C(C)=O. The molecule has 0 radical (unpaired) electrons. The van der Waals surface area contributed by atoms with Gasteiger partial charge in [0.25, 0.3) is 0 Å². The van der Waals surface area contributed by atoms with E-state index in [0.717, 1.165) is 0 Å². The summed E-state index contributed by atoms with van der Waals surface area (Å²) in [6.07, 6.45) is 0. The van der Waals surface area contributed by atoms with Crippen molar-refractivity contribution in [1.29, 1.82) is 0 Å². The van der Waals surface area contributed by atoms with Gasteiger partial charge in [0, 0.05) is 6.54 Å². The molecule has 0 rings (SSSR count). The lowest BCUT2D eigenvalue weighted by Crippen LogP contribution is -2.38. The molecular formula is C7H15NO2. The first-order valence-electron chi connectivity index (χ1n) is 3.42. The molecule has 0 aromatic heterocycles. The molecule has 0 unspecified atom stereocenters. The van der Waals surface area contributed by atoms with E-state index < -0.39 is 5.60 Å². The third-order valence-corrected chi connectivity index (χ3v) is 1.32. The van der Waals surface area contributed by atoms with Crippen molar-refractivity contribution in [3.05, 3.63) is 0 Å². The summed E-state index contributed by atoms with van der Waals surface area (Å²) in [6.45, 7) is 7.60. The summed E-state index contributed by atoms with van der Waals surface area (Å²) in [4.78, 5) is 15.8. The molecule has 0 bridgehead atoms. The number of rotatable bonds is 4. The van der Waals surface area contributed by atoms with Gasteiger partial charge in [-0.1, -0.05) is 6.92 Å². The zero-order valence-corrected chi connectivity index (χ0v) is 7.02. The van der Waals surface area contributed by atoms with Gasteiger partial charge in [0.1, 0.15) is 5.60 Å². The van der Waals surface area contributed by atoms with Gasteiger partial charge in [0.15, 0.2) is 5.78 Å². The standard InChI is InChI=1S/C7H15NO2/c1-5-8-10-7(3,4)6(2)9/h8H,5H2,1-4H3. The summed E-state index contributed by atoms with van der Waals surface area (Å²) in [5.74, 6) is 0.0217. The van der Waals surface area contributed by atoms with Crippen LogP contribution in [0.3, 0.4) is 0 Å². The smallest absolute Gasteiger partial charge is 0.163 e. The predicted octanol–water partition coefficient (Wildman–Crippen LogP) is 0.895. The van der Waals surface area contributed by atoms with Crippen molar-refractivity contribution in [2.75, 3.05) is 6.54 Å². The first kappa shape index (κ1) is 9.59. The Labute approximate surface area is 61.7 Å². The number of Topliss-reactive ketones (excluding diaryl/α,β-unsaturated/α-hetero) is 1. The number of hydroxylamine groups is 1. The average Bonchev–Trinajstić information content (AvgIpc) is 1.84. The van der Waals surface area contributed by atoms with E-state index in [-0.39, 0.29) is 5.78 Å². The zero-order valence-electron chi connectivity index (χ0n) is 7.02. The largest absolute Gasteiger partial charge is 0.297 e. The summed E-state index contributed by atoms with van der Waals surface area (Å²) >= 11 is 0. The maximum atomic E-state index is 10.8. The van der Waals surface area contributed by atoms with Gasteiger partial charge in [0.2, 0.25) is 0 Å². The van der Waals surface area contributed by atoms with Crippen LogP contribution in [-0.4, -0.2) is 17.9 Å². The van der Waals surface area contributed by atoms with Crippen LogP contribution in [0, 0.1) is 0 Å². The highest BCUT2D eigenvalue weighted by molar-refractivity contribution is 5.83. The van der Waals surface area contributed by atoms with Crippen LogP contribution in [0.1, 0.15) is 27.7 Å². The van der Waals surface area contributed by atoms with Gasteiger partial charge in [-0.15, -0.1) is 0 Å². The second kappa shape index (κ2) is 3.68. The van der Waals surface area contributed by atoms with Gasteiger partial charge >= 0.3 is 0 Å². The minimum atomic E-state index is -0.698. The van der Waals surface area contributed by atoms with Gasteiger partial charge in [-0.2, -0.15) is 0 Å². The molecule has 0 aliphatic carbocycles. The maximum absolute atomic E-state index is 10.8. The van der Waals surface area contributed by atoms with Crippen molar-refractivity contribution in [3.8, 4) is 0 Å². The fourth-order valence-corrected chi connectivity index (χ4v) is 0.324. The lowest BCUT2D eigenvalue weighted by Gasteiger charge is -2.20. The monoisotopic (exact) mass is 145 g/mol. The van der Waals surface area contributed by atoms with Gasteiger partial charge in [-0.3, -0.25) is 9.63 Å². The fourth-order valence-electron chi connectivity index (χ4n) is 0.324. The summed E-state index contributed by atoms with van der Waals surface area (Å²) in [6, 6.07) is 0. The summed E-state index contributed by atoms with van der Waals surface area (Å²) < 4.78 is 0. The minimum absolute atomic E-state index is 0.0217. The van der Waals surface area contributed by atoms with Gasteiger partial charge in [-0.05, 0) is 20.8 Å². The number of carbonyl (C=O) groups excluding carboxylic acids is 1. The number of nitrogens with one attached hydrogen (secondary N) is 1. The molecule has 0 aromatic rings. The van der Waals surface area contributed by atoms with Crippen LogP contribution in [0.2, 0.25) is 0 Å². The Balaban J connectivity index is 3.75. The molecule has 0 heterocycles. The molecule has 10 heavy (non-hydrogen) atoms. The molecule has 3 nitrogen and oxygen atoms in total. The highest BCUT2D eigenvalue weighted by Crippen LogP contribution is 2.07. The van der Waals surface area contributed by atoms with Crippen molar-refractivity contribution < 1.29 is 9.63 Å². The number of hydrogen-bond acceptors (Lipinski definition) is 3.